The van der Waals surface area contributed by atoms with E-state index in [4.69, 9.17) is 0 Å². The number of pyridine rings is 1. The summed E-state index contributed by atoms with van der Waals surface area (Å²) in [5.41, 5.74) is 2.36. The maximum atomic E-state index is 13.2. The summed E-state index contributed by atoms with van der Waals surface area (Å²) in [6.07, 6.45) is 6.82. The van der Waals surface area contributed by atoms with Gasteiger partial charge in [-0.2, -0.15) is 0 Å². The fourth-order valence-corrected chi connectivity index (χ4v) is 3.96. The maximum Gasteiger partial charge on any atom is 0.247 e. The van der Waals surface area contributed by atoms with E-state index >= 15 is 0 Å². The van der Waals surface area contributed by atoms with E-state index in [9.17, 15) is 9.18 Å². The SMILES string of the molecule is Cc1ccc(NC(=O)C2CCC[C@@H](C)N2c2ccccn2)cc1-c1ncc(F)cn1. The van der Waals surface area contributed by atoms with E-state index in [1.165, 1.54) is 0 Å². The summed E-state index contributed by atoms with van der Waals surface area (Å²) in [6.45, 7) is 4.06. The van der Waals surface area contributed by atoms with Gasteiger partial charge in [0, 0.05) is 23.5 Å². The number of anilines is 2. The average Bonchev–Trinajstić information content (AvgIpc) is 2.76. The molecule has 3 aromatic rings. The number of hydrogen-bond acceptors (Lipinski definition) is 5. The molecule has 6 nitrogen and oxygen atoms in total. The molecular weight excluding hydrogens is 381 g/mol. The second-order valence-electron chi connectivity index (χ2n) is 7.63. The molecule has 0 aliphatic carbocycles. The van der Waals surface area contributed by atoms with Gasteiger partial charge in [0.25, 0.3) is 0 Å². The van der Waals surface area contributed by atoms with Crippen LogP contribution in [0.5, 0.6) is 0 Å². The van der Waals surface area contributed by atoms with Crippen molar-refractivity contribution < 1.29 is 9.18 Å². The molecule has 0 radical (unpaired) electrons. The number of nitrogens with zero attached hydrogens (tertiary/aromatic N) is 4. The molecule has 0 bridgehead atoms. The number of rotatable bonds is 4. The number of aryl methyl sites for hydroxylation is 1. The lowest BCUT2D eigenvalue weighted by Gasteiger charge is -2.40. The first-order chi connectivity index (χ1) is 14.5. The minimum atomic E-state index is -0.484. The van der Waals surface area contributed by atoms with Gasteiger partial charge in [0.05, 0.1) is 12.4 Å². The van der Waals surface area contributed by atoms with E-state index in [-0.39, 0.29) is 18.0 Å². The number of benzene rings is 1. The molecular formula is C23H24FN5O. The van der Waals surface area contributed by atoms with Crippen LogP contribution in [0, 0.1) is 12.7 Å². The van der Waals surface area contributed by atoms with E-state index in [1.54, 1.807) is 6.20 Å². The van der Waals surface area contributed by atoms with E-state index in [0.717, 1.165) is 48.6 Å². The summed E-state index contributed by atoms with van der Waals surface area (Å²) in [6, 6.07) is 11.3. The first-order valence-electron chi connectivity index (χ1n) is 10.1. The highest BCUT2D eigenvalue weighted by atomic mass is 19.1. The van der Waals surface area contributed by atoms with Crippen molar-refractivity contribution in [2.75, 3.05) is 10.2 Å². The number of aromatic nitrogens is 3. The molecule has 0 spiro atoms. The van der Waals surface area contributed by atoms with Crippen LogP contribution in [0.15, 0.2) is 55.0 Å². The first-order valence-corrected chi connectivity index (χ1v) is 10.1. The minimum absolute atomic E-state index is 0.0676. The highest BCUT2D eigenvalue weighted by Crippen LogP contribution is 2.29. The van der Waals surface area contributed by atoms with Gasteiger partial charge in [-0.25, -0.2) is 19.3 Å². The Kier molecular flexibility index (Phi) is 5.70. The summed E-state index contributed by atoms with van der Waals surface area (Å²) >= 11 is 0. The van der Waals surface area contributed by atoms with E-state index < -0.39 is 5.82 Å². The van der Waals surface area contributed by atoms with Crippen molar-refractivity contribution in [3.05, 3.63) is 66.4 Å². The molecule has 154 valence electrons. The van der Waals surface area contributed by atoms with Crippen molar-refractivity contribution >= 4 is 17.4 Å². The molecule has 1 saturated heterocycles. The van der Waals surface area contributed by atoms with Gasteiger partial charge in [-0.05, 0) is 62.9 Å². The van der Waals surface area contributed by atoms with Crippen LogP contribution in [0.2, 0.25) is 0 Å². The zero-order valence-corrected chi connectivity index (χ0v) is 17.0. The third-order valence-corrected chi connectivity index (χ3v) is 5.49. The molecule has 0 saturated carbocycles. The Morgan fingerprint density at radius 1 is 1.13 bits per heavy atom. The number of piperidine rings is 1. The van der Waals surface area contributed by atoms with Gasteiger partial charge in [-0.3, -0.25) is 4.79 Å². The summed E-state index contributed by atoms with van der Waals surface area (Å²) in [5.74, 6) is 0.685. The number of hydrogen-bond donors (Lipinski definition) is 1. The fraction of sp³-hybridized carbons (Fsp3) is 0.304. The molecule has 1 aliphatic heterocycles. The van der Waals surface area contributed by atoms with Gasteiger partial charge in [-0.1, -0.05) is 12.1 Å². The molecule has 1 N–H and O–H groups in total. The Balaban J connectivity index is 1.58. The smallest absolute Gasteiger partial charge is 0.247 e. The molecule has 1 unspecified atom stereocenters. The predicted molar refractivity (Wildman–Crippen MR) is 115 cm³/mol. The number of carbonyl (C=O) groups excluding carboxylic acids is 1. The minimum Gasteiger partial charge on any atom is -0.342 e. The highest BCUT2D eigenvalue weighted by molar-refractivity contribution is 5.97. The Hall–Kier alpha value is -3.35. The molecule has 1 aliphatic rings. The van der Waals surface area contributed by atoms with E-state index in [1.807, 2.05) is 43.3 Å². The Morgan fingerprint density at radius 2 is 1.93 bits per heavy atom. The summed E-state index contributed by atoms with van der Waals surface area (Å²) in [7, 11) is 0. The predicted octanol–water partition coefficient (Wildman–Crippen LogP) is 4.37. The lowest BCUT2D eigenvalue weighted by atomic mass is 9.95. The van der Waals surface area contributed by atoms with Crippen LogP contribution in [-0.4, -0.2) is 32.9 Å². The van der Waals surface area contributed by atoms with Gasteiger partial charge in [-0.15, -0.1) is 0 Å². The number of nitrogens with one attached hydrogen (secondary N) is 1. The molecule has 2 aromatic heterocycles. The topological polar surface area (TPSA) is 71.0 Å². The number of amides is 1. The standard InChI is InChI=1S/C23H24FN5O/c1-15-9-10-18(12-19(15)22-26-13-17(24)14-27-22)28-23(30)20-7-5-6-16(2)29(20)21-8-3-4-11-25-21/h3-4,8-14,16,20H,5-7H2,1-2H3,(H,28,30)/t16-,20?/m1/s1. The van der Waals surface area contributed by atoms with Gasteiger partial charge in [0.2, 0.25) is 5.91 Å². The Labute approximate surface area is 175 Å². The largest absolute Gasteiger partial charge is 0.342 e. The van der Waals surface area contributed by atoms with E-state index in [0.29, 0.717) is 11.5 Å². The van der Waals surface area contributed by atoms with Crippen molar-refractivity contribution in [3.63, 3.8) is 0 Å². The Bertz CT molecular complexity index is 1030. The fourth-order valence-electron chi connectivity index (χ4n) is 3.96. The zero-order chi connectivity index (χ0) is 21.1. The van der Waals surface area contributed by atoms with Crippen molar-refractivity contribution in [1.82, 2.24) is 15.0 Å². The molecule has 7 heteroatoms. The number of carbonyl (C=O) groups is 1. The van der Waals surface area contributed by atoms with Gasteiger partial charge in [0.15, 0.2) is 11.6 Å². The molecule has 4 rings (SSSR count). The monoisotopic (exact) mass is 405 g/mol. The van der Waals surface area contributed by atoms with Crippen molar-refractivity contribution in [2.24, 2.45) is 0 Å². The molecule has 3 heterocycles. The first kappa shape index (κ1) is 19.9. The summed E-state index contributed by atoms with van der Waals surface area (Å²) in [5, 5.41) is 3.04. The molecule has 2 atom stereocenters. The van der Waals surface area contributed by atoms with Gasteiger partial charge < -0.3 is 10.2 Å². The van der Waals surface area contributed by atoms with Crippen LogP contribution in [0.1, 0.15) is 31.7 Å². The normalized spacial score (nSPS) is 18.8. The average molecular weight is 405 g/mol. The molecule has 1 amide bonds. The molecule has 30 heavy (non-hydrogen) atoms. The lowest BCUT2D eigenvalue weighted by molar-refractivity contribution is -0.118. The van der Waals surface area contributed by atoms with Crippen LogP contribution in [0.3, 0.4) is 0 Å². The van der Waals surface area contributed by atoms with Gasteiger partial charge in [0.1, 0.15) is 11.9 Å². The lowest BCUT2D eigenvalue weighted by Crippen LogP contribution is -2.51. The summed E-state index contributed by atoms with van der Waals surface area (Å²) < 4.78 is 13.2. The molecule has 1 fully saturated rings. The van der Waals surface area contributed by atoms with Crippen molar-refractivity contribution in [2.45, 2.75) is 45.2 Å². The highest BCUT2D eigenvalue weighted by Gasteiger charge is 2.33. The maximum absolute atomic E-state index is 13.2. The van der Waals surface area contributed by atoms with Crippen LogP contribution in [0.4, 0.5) is 15.9 Å². The second kappa shape index (κ2) is 8.57. The molecule has 1 aromatic carbocycles. The van der Waals surface area contributed by atoms with Gasteiger partial charge >= 0.3 is 0 Å². The Morgan fingerprint density at radius 3 is 2.67 bits per heavy atom. The third-order valence-electron chi connectivity index (χ3n) is 5.49. The van der Waals surface area contributed by atoms with E-state index in [2.05, 4.69) is 32.1 Å². The van der Waals surface area contributed by atoms with Crippen molar-refractivity contribution in [3.8, 4) is 11.4 Å². The third kappa shape index (κ3) is 4.15. The summed E-state index contributed by atoms with van der Waals surface area (Å²) in [4.78, 5) is 27.9. The van der Waals surface area contributed by atoms with Crippen LogP contribution < -0.4 is 10.2 Å². The zero-order valence-electron chi connectivity index (χ0n) is 17.0. The quantitative estimate of drug-likeness (QED) is 0.698. The van der Waals surface area contributed by atoms with Crippen LogP contribution >= 0.6 is 0 Å². The van der Waals surface area contributed by atoms with Crippen LogP contribution in [0.25, 0.3) is 11.4 Å². The second-order valence-corrected chi connectivity index (χ2v) is 7.63. The van der Waals surface area contributed by atoms with Crippen LogP contribution in [-0.2, 0) is 4.79 Å². The number of halogens is 1. The van der Waals surface area contributed by atoms with Crippen molar-refractivity contribution in [1.29, 1.82) is 0 Å².